The maximum Gasteiger partial charge on any atom is 0.176 e. The highest BCUT2D eigenvalue weighted by Crippen LogP contribution is 2.22. The van der Waals surface area contributed by atoms with Gasteiger partial charge in [0, 0.05) is 56.4 Å². The van der Waals surface area contributed by atoms with Crippen molar-refractivity contribution in [2.24, 2.45) is 11.5 Å². The van der Waals surface area contributed by atoms with E-state index in [2.05, 4.69) is 72.3 Å². The van der Waals surface area contributed by atoms with Crippen molar-refractivity contribution in [3.05, 3.63) is 82.9 Å². The summed E-state index contributed by atoms with van der Waals surface area (Å²) in [5.74, 6) is 0.191. The molecule has 1 saturated heterocycles. The van der Waals surface area contributed by atoms with Crippen LogP contribution in [-0.2, 0) is 6.42 Å². The molecule has 39 heavy (non-hydrogen) atoms. The Labute approximate surface area is 234 Å². The first kappa shape index (κ1) is 29.4. The molecular weight excluding hydrogens is 482 g/mol. The van der Waals surface area contributed by atoms with Gasteiger partial charge < -0.3 is 16.8 Å². The molecule has 3 aromatic carbocycles. The van der Waals surface area contributed by atoms with E-state index in [0.29, 0.717) is 19.1 Å². The number of hydrogen-bond acceptors (Lipinski definition) is 6. The lowest BCUT2D eigenvalue weighted by Crippen LogP contribution is -2.60. The lowest BCUT2D eigenvalue weighted by molar-refractivity contribution is 0.0274. The Balaban J connectivity index is 1.41. The molecule has 0 aliphatic carbocycles. The van der Waals surface area contributed by atoms with Gasteiger partial charge in [0.05, 0.1) is 6.54 Å². The van der Waals surface area contributed by atoms with E-state index in [0.717, 1.165) is 68.3 Å². The van der Waals surface area contributed by atoms with Gasteiger partial charge >= 0.3 is 0 Å². The summed E-state index contributed by atoms with van der Waals surface area (Å²) in [4.78, 5) is 18.3. The summed E-state index contributed by atoms with van der Waals surface area (Å²) in [5.41, 5.74) is 17.1. The van der Waals surface area contributed by atoms with Crippen molar-refractivity contribution in [2.75, 3.05) is 45.8 Å². The second kappa shape index (κ2) is 14.1. The summed E-state index contributed by atoms with van der Waals surface area (Å²) < 4.78 is 0. The molecular formula is C33H47N5O. The van der Waals surface area contributed by atoms with Gasteiger partial charge in [-0.05, 0) is 74.5 Å². The number of hydrogen-bond donors (Lipinski definition) is 3. The first-order valence-corrected chi connectivity index (χ1v) is 14.6. The van der Waals surface area contributed by atoms with Crippen molar-refractivity contribution in [1.29, 1.82) is 0 Å². The number of ketones is 1. The number of nitrogens with one attached hydrogen (secondary N) is 1. The molecule has 0 bridgehead atoms. The minimum Gasteiger partial charge on any atom is -0.329 e. The molecule has 0 unspecified atom stereocenters. The fraction of sp³-hybridized carbons (Fsp3) is 0.485. The van der Waals surface area contributed by atoms with Crippen LogP contribution in [0.15, 0.2) is 60.7 Å². The Hall–Kier alpha value is -2.61. The number of carbonyl (C=O) groups is 1. The third-order valence-corrected chi connectivity index (χ3v) is 8.16. The highest BCUT2D eigenvalue weighted by molar-refractivity contribution is 6.01. The highest BCUT2D eigenvalue weighted by atomic mass is 16.1. The number of aryl methyl sites for hydroxylation is 2. The van der Waals surface area contributed by atoms with Crippen LogP contribution in [0.25, 0.3) is 10.8 Å². The van der Waals surface area contributed by atoms with E-state index in [4.69, 9.17) is 11.5 Å². The number of piperazine rings is 1. The summed E-state index contributed by atoms with van der Waals surface area (Å²) in [6, 6.07) is 21.6. The van der Waals surface area contributed by atoms with Crippen molar-refractivity contribution in [2.45, 2.75) is 58.2 Å². The van der Waals surface area contributed by atoms with E-state index in [-0.39, 0.29) is 17.9 Å². The second-order valence-corrected chi connectivity index (χ2v) is 11.4. The van der Waals surface area contributed by atoms with Crippen LogP contribution >= 0.6 is 0 Å². The average Bonchev–Trinajstić information content (AvgIpc) is 2.92. The lowest BCUT2D eigenvalue weighted by Gasteiger charge is -2.46. The number of nitrogens with zero attached hydrogens (tertiary/aromatic N) is 2. The second-order valence-electron chi connectivity index (χ2n) is 11.4. The molecule has 0 saturated carbocycles. The van der Waals surface area contributed by atoms with Crippen LogP contribution in [-0.4, -0.2) is 79.5 Å². The lowest BCUT2D eigenvalue weighted by atomic mass is 9.97. The van der Waals surface area contributed by atoms with E-state index < -0.39 is 0 Å². The molecule has 1 aliphatic rings. The number of benzene rings is 3. The fourth-order valence-electron chi connectivity index (χ4n) is 5.94. The van der Waals surface area contributed by atoms with E-state index in [1.165, 1.54) is 16.7 Å². The van der Waals surface area contributed by atoms with Crippen molar-refractivity contribution in [3.8, 4) is 0 Å². The predicted molar refractivity (Wildman–Crippen MR) is 163 cm³/mol. The van der Waals surface area contributed by atoms with Gasteiger partial charge in [0.15, 0.2) is 5.78 Å². The number of rotatable bonds is 13. The smallest absolute Gasteiger partial charge is 0.176 e. The van der Waals surface area contributed by atoms with Gasteiger partial charge in [-0.3, -0.25) is 14.6 Å². The summed E-state index contributed by atoms with van der Waals surface area (Å²) >= 11 is 0. The molecule has 4 rings (SSSR count). The molecule has 3 aromatic rings. The number of Topliss-reactive ketones (excluding diaryl/α,β-unsaturated/α-hetero) is 1. The van der Waals surface area contributed by atoms with Crippen LogP contribution < -0.4 is 16.8 Å². The van der Waals surface area contributed by atoms with Gasteiger partial charge in [-0.2, -0.15) is 0 Å². The molecule has 3 atom stereocenters. The minimum absolute atomic E-state index is 0.0715. The molecule has 0 aromatic heterocycles. The number of carbonyl (C=O) groups excluding carboxylic acids is 1. The van der Waals surface area contributed by atoms with Gasteiger partial charge in [0.25, 0.3) is 0 Å². The Kier molecular flexibility index (Phi) is 10.7. The molecule has 6 heteroatoms. The molecule has 1 heterocycles. The molecule has 210 valence electrons. The predicted octanol–water partition coefficient (Wildman–Crippen LogP) is 3.91. The Morgan fingerprint density at radius 1 is 1.00 bits per heavy atom. The average molecular weight is 530 g/mol. The molecule has 1 aliphatic heterocycles. The van der Waals surface area contributed by atoms with Crippen LogP contribution in [0.2, 0.25) is 0 Å². The van der Waals surface area contributed by atoms with Crippen LogP contribution in [0.1, 0.15) is 46.8 Å². The summed E-state index contributed by atoms with van der Waals surface area (Å²) in [5, 5.41) is 5.70. The molecule has 6 nitrogen and oxygen atoms in total. The quantitative estimate of drug-likeness (QED) is 0.230. The standard InChI is InChI=1S/C33H47N5O/c1-24-10-11-28(25(2)17-24)19-31(35)21-38-20-26(3)37(22-32(38)9-6-15-36-16-14-34)23-33(39)30-13-12-27-7-4-5-8-29(27)18-30/h4-5,7-8,10-13,17-18,26,31-32,36H,6,9,14-16,19-23,34-35H2,1-3H3/t26-,31-,32+/m1/s1. The summed E-state index contributed by atoms with van der Waals surface area (Å²) in [7, 11) is 0. The fourth-order valence-corrected chi connectivity index (χ4v) is 5.94. The van der Waals surface area contributed by atoms with Crippen LogP contribution in [0, 0.1) is 13.8 Å². The molecule has 0 radical (unpaired) electrons. The van der Waals surface area contributed by atoms with Crippen molar-refractivity contribution in [3.63, 3.8) is 0 Å². The summed E-state index contributed by atoms with van der Waals surface area (Å²) in [6.07, 6.45) is 3.03. The highest BCUT2D eigenvalue weighted by Gasteiger charge is 2.33. The van der Waals surface area contributed by atoms with Crippen molar-refractivity contribution >= 4 is 16.6 Å². The largest absolute Gasteiger partial charge is 0.329 e. The third kappa shape index (κ3) is 8.19. The molecule has 1 fully saturated rings. The Morgan fingerprint density at radius 2 is 1.79 bits per heavy atom. The topological polar surface area (TPSA) is 87.6 Å². The minimum atomic E-state index is 0.0715. The molecule has 0 amide bonds. The monoisotopic (exact) mass is 529 g/mol. The first-order chi connectivity index (χ1) is 18.8. The zero-order valence-corrected chi connectivity index (χ0v) is 24.0. The third-order valence-electron chi connectivity index (χ3n) is 8.16. The Bertz CT molecular complexity index is 1230. The maximum atomic E-state index is 13.4. The number of nitrogens with two attached hydrogens (primary N) is 2. The van der Waals surface area contributed by atoms with E-state index >= 15 is 0 Å². The Morgan fingerprint density at radius 3 is 2.56 bits per heavy atom. The van der Waals surface area contributed by atoms with E-state index in [1.54, 1.807) is 0 Å². The van der Waals surface area contributed by atoms with Gasteiger partial charge in [0.2, 0.25) is 0 Å². The molecule has 0 spiro atoms. The van der Waals surface area contributed by atoms with Crippen LogP contribution in [0.3, 0.4) is 0 Å². The van der Waals surface area contributed by atoms with Gasteiger partial charge in [-0.1, -0.05) is 60.2 Å². The summed E-state index contributed by atoms with van der Waals surface area (Å²) in [6.45, 7) is 12.1. The van der Waals surface area contributed by atoms with Gasteiger partial charge in [-0.25, -0.2) is 0 Å². The van der Waals surface area contributed by atoms with Gasteiger partial charge in [-0.15, -0.1) is 0 Å². The maximum absolute atomic E-state index is 13.4. The van der Waals surface area contributed by atoms with Crippen molar-refractivity contribution in [1.82, 2.24) is 15.1 Å². The van der Waals surface area contributed by atoms with Crippen LogP contribution in [0.4, 0.5) is 0 Å². The van der Waals surface area contributed by atoms with Gasteiger partial charge in [0.1, 0.15) is 0 Å². The first-order valence-electron chi connectivity index (χ1n) is 14.6. The van der Waals surface area contributed by atoms with E-state index in [1.807, 2.05) is 24.3 Å². The normalized spacial score (nSPS) is 19.4. The zero-order chi connectivity index (χ0) is 27.8. The zero-order valence-electron chi connectivity index (χ0n) is 24.0. The molecule has 5 N–H and O–H groups in total. The van der Waals surface area contributed by atoms with E-state index in [9.17, 15) is 4.79 Å². The number of fused-ring (bicyclic) bond motifs is 1. The van der Waals surface area contributed by atoms with Crippen molar-refractivity contribution < 1.29 is 4.79 Å². The SMILES string of the molecule is Cc1ccc(C[C@@H](N)CN2C[C@@H](C)N(CC(=O)c3ccc4ccccc4c3)C[C@@H]2CCCNCCN)c(C)c1. The van der Waals surface area contributed by atoms with Crippen LogP contribution in [0.5, 0.6) is 0 Å².